The molecule has 1 saturated heterocycles. The van der Waals surface area contributed by atoms with Gasteiger partial charge in [-0.15, -0.1) is 0 Å². The zero-order valence-corrected chi connectivity index (χ0v) is 8.83. The number of carbonyl (C=O) groups is 1. The van der Waals surface area contributed by atoms with Crippen molar-refractivity contribution < 1.29 is 4.79 Å². The fourth-order valence-corrected chi connectivity index (χ4v) is 2.92. The van der Waals surface area contributed by atoms with Crippen molar-refractivity contribution in [2.45, 2.75) is 26.2 Å². The second-order valence-electron chi connectivity index (χ2n) is 4.70. The van der Waals surface area contributed by atoms with Crippen LogP contribution in [-0.4, -0.2) is 18.9 Å². The summed E-state index contributed by atoms with van der Waals surface area (Å²) in [6.07, 6.45) is 7.16. The summed E-state index contributed by atoms with van der Waals surface area (Å²) >= 11 is 0. The molecule has 2 aliphatic rings. The van der Waals surface area contributed by atoms with Crippen molar-refractivity contribution in [2.75, 3.05) is 13.1 Å². The molecule has 0 spiro atoms. The number of hydrogen-bond donors (Lipinski definition) is 1. The maximum atomic E-state index is 11.7. The van der Waals surface area contributed by atoms with Gasteiger partial charge in [-0.25, -0.2) is 0 Å². The van der Waals surface area contributed by atoms with Crippen LogP contribution in [0.3, 0.4) is 0 Å². The van der Waals surface area contributed by atoms with E-state index in [1.807, 2.05) is 13.0 Å². The Hall–Kier alpha value is -0.630. The molecule has 1 heterocycles. The Bertz CT molecular complexity index is 235. The van der Waals surface area contributed by atoms with E-state index in [0.717, 1.165) is 37.8 Å². The molecule has 1 aliphatic heterocycles. The predicted molar refractivity (Wildman–Crippen MR) is 57.0 cm³/mol. The lowest BCUT2D eigenvalue weighted by atomic mass is 9.71. The minimum absolute atomic E-state index is 0.317. The van der Waals surface area contributed by atoms with E-state index in [9.17, 15) is 4.79 Å². The van der Waals surface area contributed by atoms with Crippen LogP contribution in [0.4, 0.5) is 0 Å². The van der Waals surface area contributed by atoms with Gasteiger partial charge in [-0.3, -0.25) is 4.79 Å². The standard InChI is InChI=1S/C12H19NO/c1-2-3-12(14)11-5-9-4-10(6-11)8-13-7-9/h2-3,9-11,13H,4-8H2,1H3/t9-,10-/m1/s1. The number of hydrogen-bond acceptors (Lipinski definition) is 2. The number of ketones is 1. The Labute approximate surface area is 85.8 Å². The van der Waals surface area contributed by atoms with Gasteiger partial charge in [0.05, 0.1) is 0 Å². The normalized spacial score (nSPS) is 37.4. The molecule has 2 nitrogen and oxygen atoms in total. The second-order valence-corrected chi connectivity index (χ2v) is 4.70. The topological polar surface area (TPSA) is 29.1 Å². The number of carbonyl (C=O) groups excluding carboxylic acids is 1. The summed E-state index contributed by atoms with van der Waals surface area (Å²) in [5.74, 6) is 2.17. The van der Waals surface area contributed by atoms with E-state index in [1.54, 1.807) is 6.08 Å². The molecule has 0 unspecified atom stereocenters. The van der Waals surface area contributed by atoms with Gasteiger partial charge in [-0.1, -0.05) is 6.08 Å². The number of piperidine rings is 1. The smallest absolute Gasteiger partial charge is 0.158 e. The van der Waals surface area contributed by atoms with Gasteiger partial charge in [0.25, 0.3) is 0 Å². The molecule has 14 heavy (non-hydrogen) atoms. The van der Waals surface area contributed by atoms with Crippen LogP contribution < -0.4 is 5.32 Å². The monoisotopic (exact) mass is 193 g/mol. The van der Waals surface area contributed by atoms with Gasteiger partial charge in [0.1, 0.15) is 0 Å². The SMILES string of the molecule is CC=CC(=O)C1C[C@@H]2CNC[C@@H](C1)C2. The number of rotatable bonds is 2. The molecule has 1 saturated carbocycles. The maximum absolute atomic E-state index is 11.7. The average Bonchev–Trinajstić information content (AvgIpc) is 2.17. The highest BCUT2D eigenvalue weighted by molar-refractivity contribution is 5.91. The summed E-state index contributed by atoms with van der Waals surface area (Å²) in [5, 5.41) is 3.45. The third-order valence-electron chi connectivity index (χ3n) is 3.50. The van der Waals surface area contributed by atoms with E-state index in [-0.39, 0.29) is 0 Å². The van der Waals surface area contributed by atoms with Gasteiger partial charge in [0, 0.05) is 5.92 Å². The minimum Gasteiger partial charge on any atom is -0.316 e. The van der Waals surface area contributed by atoms with Crippen molar-refractivity contribution in [3.63, 3.8) is 0 Å². The Morgan fingerprint density at radius 2 is 1.86 bits per heavy atom. The zero-order chi connectivity index (χ0) is 9.97. The van der Waals surface area contributed by atoms with Gasteiger partial charge in [-0.2, -0.15) is 0 Å². The number of allylic oxidation sites excluding steroid dienone is 2. The van der Waals surface area contributed by atoms with Gasteiger partial charge in [-0.05, 0) is 57.2 Å². The molecule has 2 atom stereocenters. The molecule has 0 amide bonds. The van der Waals surface area contributed by atoms with Gasteiger partial charge in [0.2, 0.25) is 0 Å². The Kier molecular flexibility index (Phi) is 3.02. The van der Waals surface area contributed by atoms with E-state index in [0.29, 0.717) is 11.7 Å². The van der Waals surface area contributed by atoms with Crippen LogP contribution in [-0.2, 0) is 4.79 Å². The number of fused-ring (bicyclic) bond motifs is 2. The number of nitrogens with one attached hydrogen (secondary N) is 1. The molecule has 1 aliphatic carbocycles. The molecule has 2 rings (SSSR count). The van der Waals surface area contributed by atoms with Crippen molar-refractivity contribution >= 4 is 5.78 Å². The molecular weight excluding hydrogens is 174 g/mol. The molecule has 0 aromatic rings. The third kappa shape index (κ3) is 2.06. The summed E-state index contributed by atoms with van der Waals surface area (Å²) in [5.41, 5.74) is 0. The maximum Gasteiger partial charge on any atom is 0.158 e. The fraction of sp³-hybridized carbons (Fsp3) is 0.750. The summed E-state index contributed by atoms with van der Waals surface area (Å²) < 4.78 is 0. The lowest BCUT2D eigenvalue weighted by Crippen LogP contribution is -2.42. The second kappa shape index (κ2) is 4.26. The summed E-state index contributed by atoms with van der Waals surface area (Å²) in [4.78, 5) is 11.7. The molecule has 2 bridgehead atoms. The first-order valence-electron chi connectivity index (χ1n) is 5.67. The van der Waals surface area contributed by atoms with Crippen molar-refractivity contribution in [3.8, 4) is 0 Å². The lowest BCUT2D eigenvalue weighted by molar-refractivity contribution is -0.120. The van der Waals surface area contributed by atoms with Gasteiger partial charge < -0.3 is 5.32 Å². The summed E-state index contributed by atoms with van der Waals surface area (Å²) in [6, 6.07) is 0. The summed E-state index contributed by atoms with van der Waals surface area (Å²) in [6.45, 7) is 4.16. The van der Waals surface area contributed by atoms with E-state index in [4.69, 9.17) is 0 Å². The highest BCUT2D eigenvalue weighted by atomic mass is 16.1. The van der Waals surface area contributed by atoms with Gasteiger partial charge >= 0.3 is 0 Å². The van der Waals surface area contributed by atoms with Crippen LogP contribution in [0.5, 0.6) is 0 Å². The average molecular weight is 193 g/mol. The molecular formula is C12H19NO. The molecule has 2 heteroatoms. The van der Waals surface area contributed by atoms with Crippen molar-refractivity contribution in [3.05, 3.63) is 12.2 Å². The highest BCUT2D eigenvalue weighted by Gasteiger charge is 2.33. The van der Waals surface area contributed by atoms with Crippen molar-refractivity contribution in [1.29, 1.82) is 0 Å². The fourth-order valence-electron chi connectivity index (χ4n) is 2.92. The molecule has 78 valence electrons. The molecule has 0 aromatic carbocycles. The Balaban J connectivity index is 1.98. The molecule has 2 fully saturated rings. The zero-order valence-electron chi connectivity index (χ0n) is 8.83. The Morgan fingerprint density at radius 3 is 2.43 bits per heavy atom. The summed E-state index contributed by atoms with van der Waals surface area (Å²) in [7, 11) is 0. The molecule has 0 aromatic heterocycles. The van der Waals surface area contributed by atoms with E-state index in [1.165, 1.54) is 6.42 Å². The first-order valence-corrected chi connectivity index (χ1v) is 5.67. The Morgan fingerprint density at radius 1 is 1.21 bits per heavy atom. The van der Waals surface area contributed by atoms with Crippen LogP contribution in [0.25, 0.3) is 0 Å². The van der Waals surface area contributed by atoms with Crippen LogP contribution in [0.15, 0.2) is 12.2 Å². The first-order chi connectivity index (χ1) is 6.79. The van der Waals surface area contributed by atoms with Gasteiger partial charge in [0.15, 0.2) is 5.78 Å². The third-order valence-corrected chi connectivity index (χ3v) is 3.50. The van der Waals surface area contributed by atoms with E-state index in [2.05, 4.69) is 5.32 Å². The highest BCUT2D eigenvalue weighted by Crippen LogP contribution is 2.35. The van der Waals surface area contributed by atoms with E-state index >= 15 is 0 Å². The van der Waals surface area contributed by atoms with Crippen molar-refractivity contribution in [1.82, 2.24) is 5.32 Å². The van der Waals surface area contributed by atoms with Crippen LogP contribution >= 0.6 is 0 Å². The molecule has 1 N–H and O–H groups in total. The minimum atomic E-state index is 0.317. The lowest BCUT2D eigenvalue weighted by Gasteiger charge is -2.38. The largest absolute Gasteiger partial charge is 0.316 e. The van der Waals surface area contributed by atoms with Crippen LogP contribution in [0, 0.1) is 17.8 Å². The van der Waals surface area contributed by atoms with Crippen LogP contribution in [0.1, 0.15) is 26.2 Å². The quantitative estimate of drug-likeness (QED) is 0.677. The predicted octanol–water partition coefficient (Wildman–Crippen LogP) is 1.77. The first kappa shape index (κ1) is 9.91. The molecule has 0 radical (unpaired) electrons. The van der Waals surface area contributed by atoms with Crippen molar-refractivity contribution in [2.24, 2.45) is 17.8 Å². The van der Waals surface area contributed by atoms with E-state index < -0.39 is 0 Å². The van der Waals surface area contributed by atoms with Crippen LogP contribution in [0.2, 0.25) is 0 Å².